The lowest BCUT2D eigenvalue weighted by Gasteiger charge is -2.25. The monoisotopic (exact) mass is 209 g/mol. The Bertz CT molecular complexity index is 300. The lowest BCUT2D eigenvalue weighted by atomic mass is 9.81. The van der Waals surface area contributed by atoms with Crippen molar-refractivity contribution < 1.29 is 0 Å². The van der Waals surface area contributed by atoms with E-state index in [4.69, 9.17) is 5.73 Å². The molecule has 0 bridgehead atoms. The second-order valence-electron chi connectivity index (χ2n) is 5.06. The molecule has 0 spiro atoms. The van der Waals surface area contributed by atoms with Gasteiger partial charge in [0.25, 0.3) is 0 Å². The lowest BCUT2D eigenvalue weighted by molar-refractivity contribution is 0.436. The first-order valence-corrected chi connectivity index (χ1v) is 5.74. The van der Waals surface area contributed by atoms with Gasteiger partial charge in [-0.15, -0.1) is 0 Å². The fourth-order valence-corrected chi connectivity index (χ4v) is 1.99. The van der Waals surface area contributed by atoms with Crippen LogP contribution in [0.25, 0.3) is 0 Å². The largest absolute Gasteiger partial charge is 0.328 e. The highest BCUT2D eigenvalue weighted by molar-refractivity contribution is 5.17. The Balaban J connectivity index is 2.75. The molecule has 1 heterocycles. The van der Waals surface area contributed by atoms with Gasteiger partial charge in [0.2, 0.25) is 0 Å². The molecule has 0 amide bonds. The maximum absolute atomic E-state index is 5.85. The van der Waals surface area contributed by atoms with Crippen molar-refractivity contribution in [2.45, 2.75) is 58.5 Å². The third-order valence-corrected chi connectivity index (χ3v) is 2.70. The Labute approximate surface area is 92.7 Å². The topological polar surface area (TPSA) is 43.8 Å². The molecule has 0 aliphatic heterocycles. The van der Waals surface area contributed by atoms with Crippen LogP contribution in [0, 0.1) is 0 Å². The van der Waals surface area contributed by atoms with E-state index in [1.54, 1.807) is 0 Å². The van der Waals surface area contributed by atoms with E-state index in [0.717, 1.165) is 19.4 Å². The summed E-state index contributed by atoms with van der Waals surface area (Å²) in [6.45, 7) is 9.66. The minimum absolute atomic E-state index is 0.125. The molecule has 0 saturated heterocycles. The van der Waals surface area contributed by atoms with Gasteiger partial charge in [-0.05, 0) is 30.7 Å². The van der Waals surface area contributed by atoms with Gasteiger partial charge in [0, 0.05) is 18.8 Å². The molecule has 2 N–H and O–H groups in total. The first-order chi connectivity index (χ1) is 6.95. The Hall–Kier alpha value is -0.830. The molecule has 1 unspecified atom stereocenters. The Morgan fingerprint density at radius 1 is 1.53 bits per heavy atom. The smallest absolute Gasteiger partial charge is 0.0527 e. The van der Waals surface area contributed by atoms with Crippen LogP contribution in [0.2, 0.25) is 0 Å². The Kier molecular flexibility index (Phi) is 3.91. The van der Waals surface area contributed by atoms with Crippen LogP contribution in [-0.2, 0) is 12.0 Å². The Morgan fingerprint density at radius 3 is 2.73 bits per heavy atom. The maximum Gasteiger partial charge on any atom is 0.0527 e. The van der Waals surface area contributed by atoms with Crippen molar-refractivity contribution in [3.05, 3.63) is 18.0 Å². The molecule has 0 aliphatic carbocycles. The van der Waals surface area contributed by atoms with Crippen molar-refractivity contribution in [2.75, 3.05) is 0 Å². The van der Waals surface area contributed by atoms with Gasteiger partial charge >= 0.3 is 0 Å². The van der Waals surface area contributed by atoms with Crippen molar-refractivity contribution in [1.82, 2.24) is 9.78 Å². The predicted octanol–water partition coefficient (Wildman–Crippen LogP) is 2.31. The molecule has 0 aromatic carbocycles. The van der Waals surface area contributed by atoms with Crippen LogP contribution in [0.15, 0.2) is 12.4 Å². The van der Waals surface area contributed by atoms with Crippen LogP contribution in [0.4, 0.5) is 0 Å². The van der Waals surface area contributed by atoms with E-state index in [-0.39, 0.29) is 11.5 Å². The van der Waals surface area contributed by atoms with Crippen molar-refractivity contribution in [3.8, 4) is 0 Å². The average Bonchev–Trinajstić information content (AvgIpc) is 2.51. The minimum atomic E-state index is 0.125. The zero-order valence-corrected chi connectivity index (χ0v) is 10.3. The summed E-state index contributed by atoms with van der Waals surface area (Å²) in [5.74, 6) is 0. The highest BCUT2D eigenvalue weighted by Gasteiger charge is 2.23. The van der Waals surface area contributed by atoms with Gasteiger partial charge in [-0.1, -0.05) is 20.8 Å². The summed E-state index contributed by atoms with van der Waals surface area (Å²) in [4.78, 5) is 0. The van der Waals surface area contributed by atoms with Crippen LogP contribution >= 0.6 is 0 Å². The molecule has 3 nitrogen and oxygen atoms in total. The predicted molar refractivity (Wildman–Crippen MR) is 63.8 cm³/mol. The first kappa shape index (κ1) is 12.2. The summed E-state index contributed by atoms with van der Waals surface area (Å²) in [6, 6.07) is 0.231. The van der Waals surface area contributed by atoms with Crippen LogP contribution < -0.4 is 5.73 Å². The first-order valence-electron chi connectivity index (χ1n) is 5.74. The standard InChI is InChI=1S/C12H23N3/c1-5-6-15-9-11(8-14-15)12(3,4)7-10(2)13/h8-10H,5-7,13H2,1-4H3. The zero-order chi connectivity index (χ0) is 11.5. The number of nitrogens with zero attached hydrogens (tertiary/aromatic N) is 2. The molecule has 3 heteroatoms. The van der Waals surface area contributed by atoms with Gasteiger partial charge in [-0.2, -0.15) is 5.10 Å². The molecular weight excluding hydrogens is 186 g/mol. The van der Waals surface area contributed by atoms with Gasteiger partial charge in [-0.25, -0.2) is 0 Å². The third-order valence-electron chi connectivity index (χ3n) is 2.70. The number of rotatable bonds is 5. The number of aromatic nitrogens is 2. The second-order valence-corrected chi connectivity index (χ2v) is 5.06. The summed E-state index contributed by atoms with van der Waals surface area (Å²) in [5.41, 5.74) is 7.26. The Morgan fingerprint density at radius 2 is 2.20 bits per heavy atom. The number of hydrogen-bond acceptors (Lipinski definition) is 2. The highest BCUT2D eigenvalue weighted by Crippen LogP contribution is 2.27. The molecule has 86 valence electrons. The molecule has 1 aromatic rings. The molecule has 1 atom stereocenters. The fourth-order valence-electron chi connectivity index (χ4n) is 1.99. The zero-order valence-electron chi connectivity index (χ0n) is 10.3. The van der Waals surface area contributed by atoms with Crippen molar-refractivity contribution in [1.29, 1.82) is 0 Å². The van der Waals surface area contributed by atoms with Crippen LogP contribution in [-0.4, -0.2) is 15.8 Å². The third kappa shape index (κ3) is 3.34. The van der Waals surface area contributed by atoms with Gasteiger partial charge in [-0.3, -0.25) is 4.68 Å². The number of aryl methyl sites for hydroxylation is 1. The van der Waals surface area contributed by atoms with E-state index in [2.05, 4.69) is 39.0 Å². The SMILES string of the molecule is CCCn1cc(C(C)(C)CC(C)N)cn1. The van der Waals surface area contributed by atoms with E-state index < -0.39 is 0 Å². The molecule has 0 aliphatic rings. The summed E-state index contributed by atoms with van der Waals surface area (Å²) in [6.07, 6.45) is 6.23. The second kappa shape index (κ2) is 4.79. The fraction of sp³-hybridized carbons (Fsp3) is 0.750. The van der Waals surface area contributed by atoms with Gasteiger partial charge in [0.05, 0.1) is 6.20 Å². The van der Waals surface area contributed by atoms with Gasteiger partial charge in [0.1, 0.15) is 0 Å². The molecular formula is C12H23N3. The summed E-state index contributed by atoms with van der Waals surface area (Å²) in [7, 11) is 0. The molecule has 0 radical (unpaired) electrons. The molecule has 1 aromatic heterocycles. The van der Waals surface area contributed by atoms with Gasteiger partial charge < -0.3 is 5.73 Å². The molecule has 0 saturated carbocycles. The van der Waals surface area contributed by atoms with E-state index in [9.17, 15) is 0 Å². The van der Waals surface area contributed by atoms with E-state index in [0.29, 0.717) is 0 Å². The highest BCUT2D eigenvalue weighted by atomic mass is 15.3. The summed E-state index contributed by atoms with van der Waals surface area (Å²) < 4.78 is 2.01. The number of hydrogen-bond donors (Lipinski definition) is 1. The van der Waals surface area contributed by atoms with Crippen LogP contribution in [0.3, 0.4) is 0 Å². The van der Waals surface area contributed by atoms with Crippen molar-refractivity contribution >= 4 is 0 Å². The number of nitrogens with two attached hydrogens (primary N) is 1. The van der Waals surface area contributed by atoms with E-state index >= 15 is 0 Å². The molecule has 15 heavy (non-hydrogen) atoms. The molecule has 1 rings (SSSR count). The van der Waals surface area contributed by atoms with Gasteiger partial charge in [0.15, 0.2) is 0 Å². The van der Waals surface area contributed by atoms with Crippen LogP contribution in [0.1, 0.15) is 46.1 Å². The maximum atomic E-state index is 5.85. The van der Waals surface area contributed by atoms with Crippen LogP contribution in [0.5, 0.6) is 0 Å². The lowest BCUT2D eigenvalue weighted by Crippen LogP contribution is -2.27. The van der Waals surface area contributed by atoms with E-state index in [1.807, 2.05) is 10.9 Å². The quantitative estimate of drug-likeness (QED) is 0.808. The van der Waals surface area contributed by atoms with Crippen molar-refractivity contribution in [2.24, 2.45) is 5.73 Å². The summed E-state index contributed by atoms with van der Waals surface area (Å²) >= 11 is 0. The summed E-state index contributed by atoms with van der Waals surface area (Å²) in [5, 5.41) is 4.36. The average molecular weight is 209 g/mol. The minimum Gasteiger partial charge on any atom is -0.328 e. The van der Waals surface area contributed by atoms with E-state index in [1.165, 1.54) is 5.56 Å². The van der Waals surface area contributed by atoms with Crippen molar-refractivity contribution in [3.63, 3.8) is 0 Å². The normalized spacial score (nSPS) is 14.2. The molecule has 0 fully saturated rings.